The second kappa shape index (κ2) is 6.38. The van der Waals surface area contributed by atoms with E-state index in [2.05, 4.69) is 63.0 Å². The molecule has 4 rings (SSSR count). The summed E-state index contributed by atoms with van der Waals surface area (Å²) in [4.78, 5) is 7.00. The molecule has 1 fully saturated rings. The van der Waals surface area contributed by atoms with Crippen LogP contribution in [0.15, 0.2) is 54.9 Å². The zero-order chi connectivity index (χ0) is 16.5. The normalized spacial score (nSPS) is 21.6. The number of nitrogens with two attached hydrogens (primary N) is 1. The highest BCUT2D eigenvalue weighted by Gasteiger charge is 2.32. The summed E-state index contributed by atoms with van der Waals surface area (Å²) in [6.07, 6.45) is 1.88. The topological polar surface area (TPSA) is 47.1 Å². The van der Waals surface area contributed by atoms with Crippen LogP contribution >= 0.6 is 0 Å². The van der Waals surface area contributed by atoms with Crippen molar-refractivity contribution in [3.05, 3.63) is 66.0 Å². The van der Waals surface area contributed by atoms with Gasteiger partial charge in [-0.3, -0.25) is 4.90 Å². The summed E-state index contributed by atoms with van der Waals surface area (Å²) in [5.41, 5.74) is 11.0. The smallest absolute Gasteiger partial charge is 0.0955 e. The molecule has 1 aliphatic rings. The first-order valence-corrected chi connectivity index (χ1v) is 8.62. The number of hydrogen-bond donors (Lipinski definition) is 1. The van der Waals surface area contributed by atoms with Gasteiger partial charge in [0.15, 0.2) is 0 Å². The van der Waals surface area contributed by atoms with Crippen LogP contribution in [0.1, 0.15) is 17.0 Å². The molecule has 0 saturated carbocycles. The van der Waals surface area contributed by atoms with E-state index in [0.29, 0.717) is 11.8 Å². The highest BCUT2D eigenvalue weighted by molar-refractivity contribution is 5.75. The van der Waals surface area contributed by atoms with E-state index < -0.39 is 0 Å². The van der Waals surface area contributed by atoms with Crippen molar-refractivity contribution >= 4 is 11.0 Å². The molecule has 124 valence electrons. The van der Waals surface area contributed by atoms with Crippen molar-refractivity contribution in [2.75, 3.05) is 19.6 Å². The Morgan fingerprint density at radius 3 is 2.75 bits per heavy atom. The first kappa shape index (κ1) is 15.4. The van der Waals surface area contributed by atoms with Crippen molar-refractivity contribution in [3.63, 3.8) is 0 Å². The van der Waals surface area contributed by atoms with E-state index in [-0.39, 0.29) is 0 Å². The fraction of sp³-hybridized carbons (Fsp3) is 0.350. The molecular formula is C20H24N4. The van der Waals surface area contributed by atoms with E-state index in [9.17, 15) is 0 Å². The standard InChI is InChI=1S/C20H24N4/c1-23-14-22-19-9-15(7-8-20(19)23)11-24-12-17(10-21)18(13-24)16-5-3-2-4-6-16/h2-9,14,17-18H,10-13,21H2,1H3/t17-,18+/m1/s1. The minimum absolute atomic E-state index is 0.533. The van der Waals surface area contributed by atoms with Crippen LogP contribution in [0.2, 0.25) is 0 Å². The molecule has 4 nitrogen and oxygen atoms in total. The number of fused-ring (bicyclic) bond motifs is 1. The van der Waals surface area contributed by atoms with Gasteiger partial charge in [0, 0.05) is 32.6 Å². The highest BCUT2D eigenvalue weighted by Crippen LogP contribution is 2.33. The van der Waals surface area contributed by atoms with Gasteiger partial charge in [0.25, 0.3) is 0 Å². The molecule has 0 amide bonds. The van der Waals surface area contributed by atoms with Crippen LogP contribution in [-0.4, -0.2) is 34.1 Å². The second-order valence-electron chi connectivity index (χ2n) is 6.89. The quantitative estimate of drug-likeness (QED) is 0.804. The molecule has 0 spiro atoms. The molecule has 2 atom stereocenters. The maximum atomic E-state index is 6.05. The molecule has 1 saturated heterocycles. The Balaban J connectivity index is 1.52. The van der Waals surface area contributed by atoms with Gasteiger partial charge in [0.05, 0.1) is 17.4 Å². The predicted molar refractivity (Wildman–Crippen MR) is 97.7 cm³/mol. The highest BCUT2D eigenvalue weighted by atomic mass is 15.2. The lowest BCUT2D eigenvalue weighted by Crippen LogP contribution is -2.23. The molecule has 24 heavy (non-hydrogen) atoms. The summed E-state index contributed by atoms with van der Waals surface area (Å²) >= 11 is 0. The Morgan fingerprint density at radius 2 is 1.96 bits per heavy atom. The van der Waals surface area contributed by atoms with E-state index in [1.807, 2.05) is 13.4 Å². The monoisotopic (exact) mass is 320 g/mol. The zero-order valence-corrected chi connectivity index (χ0v) is 14.1. The number of benzene rings is 2. The van der Waals surface area contributed by atoms with Crippen LogP contribution in [0.4, 0.5) is 0 Å². The van der Waals surface area contributed by atoms with Gasteiger partial charge in [0.1, 0.15) is 0 Å². The number of likely N-dealkylation sites (tertiary alicyclic amines) is 1. The maximum absolute atomic E-state index is 6.05. The molecule has 1 aromatic heterocycles. The number of hydrogen-bond acceptors (Lipinski definition) is 3. The first-order valence-electron chi connectivity index (χ1n) is 8.62. The molecule has 1 aliphatic heterocycles. The van der Waals surface area contributed by atoms with E-state index in [1.165, 1.54) is 16.6 Å². The van der Waals surface area contributed by atoms with Gasteiger partial charge in [-0.25, -0.2) is 4.98 Å². The molecule has 0 radical (unpaired) electrons. The Hall–Kier alpha value is -2.17. The molecule has 3 aromatic rings. The Morgan fingerprint density at radius 1 is 1.12 bits per heavy atom. The van der Waals surface area contributed by atoms with E-state index in [1.54, 1.807) is 0 Å². The van der Waals surface area contributed by atoms with Crippen molar-refractivity contribution in [2.24, 2.45) is 18.7 Å². The summed E-state index contributed by atoms with van der Waals surface area (Å²) in [6, 6.07) is 17.4. The van der Waals surface area contributed by atoms with Gasteiger partial charge in [0.2, 0.25) is 0 Å². The molecule has 2 aromatic carbocycles. The van der Waals surface area contributed by atoms with Gasteiger partial charge in [-0.15, -0.1) is 0 Å². The summed E-state index contributed by atoms with van der Waals surface area (Å²) in [6.45, 7) is 3.85. The lowest BCUT2D eigenvalue weighted by molar-refractivity contribution is 0.317. The van der Waals surface area contributed by atoms with Gasteiger partial charge in [-0.2, -0.15) is 0 Å². The molecule has 4 heteroatoms. The second-order valence-corrected chi connectivity index (χ2v) is 6.89. The van der Waals surface area contributed by atoms with Crippen molar-refractivity contribution in [2.45, 2.75) is 12.5 Å². The fourth-order valence-electron chi connectivity index (χ4n) is 3.94. The minimum Gasteiger partial charge on any atom is -0.334 e. The Kier molecular flexibility index (Phi) is 4.08. The predicted octanol–water partition coefficient (Wildman–Crippen LogP) is 2.75. The summed E-state index contributed by atoms with van der Waals surface area (Å²) < 4.78 is 2.06. The van der Waals surface area contributed by atoms with Crippen molar-refractivity contribution in [3.8, 4) is 0 Å². The number of nitrogens with zero attached hydrogens (tertiary/aromatic N) is 3. The largest absolute Gasteiger partial charge is 0.334 e. The van der Waals surface area contributed by atoms with Gasteiger partial charge < -0.3 is 10.3 Å². The molecule has 2 N–H and O–H groups in total. The van der Waals surface area contributed by atoms with Gasteiger partial charge in [-0.05, 0) is 35.7 Å². The van der Waals surface area contributed by atoms with Crippen molar-refractivity contribution < 1.29 is 0 Å². The molecule has 0 aliphatic carbocycles. The molecule has 0 unspecified atom stereocenters. The Labute approximate surface area is 142 Å². The number of aryl methyl sites for hydroxylation is 1. The molecule has 0 bridgehead atoms. The third-order valence-electron chi connectivity index (χ3n) is 5.24. The average Bonchev–Trinajstić information content (AvgIpc) is 3.19. The number of aromatic nitrogens is 2. The van der Waals surface area contributed by atoms with Crippen molar-refractivity contribution in [1.29, 1.82) is 0 Å². The molecular weight excluding hydrogens is 296 g/mol. The first-order chi connectivity index (χ1) is 11.7. The SMILES string of the molecule is Cn1cnc2cc(CN3C[C@@H](CN)[C@H](c4ccccc4)C3)ccc21. The van der Waals surface area contributed by atoms with Gasteiger partial charge in [-0.1, -0.05) is 36.4 Å². The van der Waals surface area contributed by atoms with Crippen LogP contribution in [-0.2, 0) is 13.6 Å². The van der Waals surface area contributed by atoms with Gasteiger partial charge >= 0.3 is 0 Å². The number of rotatable bonds is 4. The lowest BCUT2D eigenvalue weighted by Gasteiger charge is -2.17. The van der Waals surface area contributed by atoms with Crippen LogP contribution in [0.3, 0.4) is 0 Å². The lowest BCUT2D eigenvalue weighted by atomic mass is 9.89. The van der Waals surface area contributed by atoms with Crippen LogP contribution < -0.4 is 5.73 Å². The van der Waals surface area contributed by atoms with E-state index in [0.717, 1.165) is 31.7 Å². The molecule has 2 heterocycles. The summed E-state index contributed by atoms with van der Waals surface area (Å²) in [5.74, 6) is 1.07. The third-order valence-corrected chi connectivity index (χ3v) is 5.24. The summed E-state index contributed by atoms with van der Waals surface area (Å²) in [5, 5.41) is 0. The Bertz CT molecular complexity index is 824. The average molecular weight is 320 g/mol. The fourth-order valence-corrected chi connectivity index (χ4v) is 3.94. The minimum atomic E-state index is 0.533. The van der Waals surface area contributed by atoms with Crippen LogP contribution in [0.5, 0.6) is 0 Å². The van der Waals surface area contributed by atoms with E-state index >= 15 is 0 Å². The number of imidazole rings is 1. The third kappa shape index (κ3) is 2.83. The summed E-state index contributed by atoms with van der Waals surface area (Å²) in [7, 11) is 2.03. The van der Waals surface area contributed by atoms with Crippen molar-refractivity contribution in [1.82, 2.24) is 14.5 Å². The van der Waals surface area contributed by atoms with Crippen LogP contribution in [0, 0.1) is 5.92 Å². The van der Waals surface area contributed by atoms with Crippen LogP contribution in [0.25, 0.3) is 11.0 Å². The zero-order valence-electron chi connectivity index (χ0n) is 14.1. The maximum Gasteiger partial charge on any atom is 0.0955 e. The van der Waals surface area contributed by atoms with E-state index in [4.69, 9.17) is 5.73 Å².